The van der Waals surface area contributed by atoms with Gasteiger partial charge in [-0.25, -0.2) is 4.79 Å². The Balaban J connectivity index is 1.52. The van der Waals surface area contributed by atoms with Crippen molar-refractivity contribution in [3.8, 4) is 11.1 Å². The van der Waals surface area contributed by atoms with E-state index in [2.05, 4.69) is 115 Å². The molecule has 3 aromatic carbocycles. The van der Waals surface area contributed by atoms with Crippen LogP contribution in [0.4, 0.5) is 0 Å². The Hall–Kier alpha value is -5.16. The number of benzene rings is 3. The van der Waals surface area contributed by atoms with Gasteiger partial charge >= 0.3 is 5.97 Å². The first-order valence-electron chi connectivity index (χ1n) is 14.4. The molecule has 0 aliphatic carbocycles. The molecule has 0 saturated carbocycles. The Labute approximate surface area is 243 Å². The largest absolute Gasteiger partial charge is 0.437 e. The topological polar surface area (TPSA) is 48.5 Å². The third-order valence-corrected chi connectivity index (χ3v) is 9.03. The van der Waals surface area contributed by atoms with Crippen molar-refractivity contribution in [1.82, 2.24) is 14.0 Å². The summed E-state index contributed by atoms with van der Waals surface area (Å²) in [5, 5.41) is 3.49. The van der Waals surface area contributed by atoms with Gasteiger partial charge in [0.05, 0.1) is 16.8 Å². The molecule has 1 aliphatic rings. The van der Waals surface area contributed by atoms with Crippen molar-refractivity contribution in [2.24, 2.45) is 0 Å². The molecule has 0 fully saturated rings. The number of carbonyl (C=O) groups excluding carboxylic acids is 1. The van der Waals surface area contributed by atoms with Gasteiger partial charge in [0, 0.05) is 46.7 Å². The van der Waals surface area contributed by atoms with Crippen LogP contribution in [0.25, 0.3) is 38.3 Å². The maximum absolute atomic E-state index is 13.7. The third-order valence-electron chi connectivity index (χ3n) is 9.03. The van der Waals surface area contributed by atoms with E-state index in [0.717, 1.165) is 51.0 Å². The number of pyridine rings is 2. The van der Waals surface area contributed by atoms with Crippen LogP contribution in [0.2, 0.25) is 0 Å². The molecule has 0 spiro atoms. The van der Waals surface area contributed by atoms with Gasteiger partial charge in [0.2, 0.25) is 5.60 Å². The molecule has 0 bridgehead atoms. The zero-order chi connectivity index (χ0) is 28.6. The Kier molecular flexibility index (Phi) is 5.23. The maximum atomic E-state index is 13.7. The summed E-state index contributed by atoms with van der Waals surface area (Å²) in [7, 11) is 0. The zero-order valence-electron chi connectivity index (χ0n) is 23.8. The fraction of sp³-hybridized carbons (Fsp3) is 0.135. The first-order chi connectivity index (χ1) is 20.5. The number of hydrogen-bond acceptors (Lipinski definition) is 3. The average molecular weight is 548 g/mol. The van der Waals surface area contributed by atoms with Gasteiger partial charge in [0.25, 0.3) is 0 Å². The Morgan fingerprint density at radius 2 is 1.55 bits per heavy atom. The summed E-state index contributed by atoms with van der Waals surface area (Å²) in [5.41, 5.74) is 8.35. The fourth-order valence-corrected chi connectivity index (χ4v) is 7.21. The molecule has 0 N–H and O–H groups in total. The zero-order valence-corrected chi connectivity index (χ0v) is 23.8. The van der Waals surface area contributed by atoms with Gasteiger partial charge in [-0.05, 0) is 79.1 Å². The fourth-order valence-electron chi connectivity index (χ4n) is 7.21. The summed E-state index contributed by atoms with van der Waals surface area (Å²) in [6.45, 7) is 7.25. The van der Waals surface area contributed by atoms with Crippen molar-refractivity contribution < 1.29 is 9.53 Å². The van der Waals surface area contributed by atoms with E-state index in [1.165, 1.54) is 16.3 Å². The molecule has 7 aromatic rings. The number of cyclic esters (lactones) is 1. The van der Waals surface area contributed by atoms with Crippen molar-refractivity contribution in [2.75, 3.05) is 0 Å². The lowest BCUT2D eigenvalue weighted by molar-refractivity contribution is 0.0230. The summed E-state index contributed by atoms with van der Waals surface area (Å²) in [4.78, 5) is 18.6. The first kappa shape index (κ1) is 24.6. The summed E-state index contributed by atoms with van der Waals surface area (Å²) in [6, 6.07) is 33.3. The third kappa shape index (κ3) is 3.13. The van der Waals surface area contributed by atoms with Crippen molar-refractivity contribution in [1.29, 1.82) is 0 Å². The van der Waals surface area contributed by atoms with E-state index in [-0.39, 0.29) is 5.97 Å². The van der Waals surface area contributed by atoms with Crippen molar-refractivity contribution >= 4 is 33.2 Å². The number of fused-ring (bicyclic) bond motifs is 4. The van der Waals surface area contributed by atoms with E-state index in [1.807, 2.05) is 12.1 Å². The highest BCUT2D eigenvalue weighted by Crippen LogP contribution is 2.51. The average Bonchev–Trinajstić information content (AvgIpc) is 3.65. The van der Waals surface area contributed by atoms with Gasteiger partial charge in [-0.1, -0.05) is 60.7 Å². The molecule has 8 rings (SSSR count). The number of carbonyl (C=O) groups is 1. The van der Waals surface area contributed by atoms with Crippen LogP contribution in [0.3, 0.4) is 0 Å². The minimum atomic E-state index is -1.24. The second-order valence-electron chi connectivity index (χ2n) is 11.1. The number of nitrogens with zero attached hydrogens (tertiary/aromatic N) is 3. The highest BCUT2D eigenvalue weighted by atomic mass is 16.6. The lowest BCUT2D eigenvalue weighted by Crippen LogP contribution is -2.32. The van der Waals surface area contributed by atoms with Gasteiger partial charge in [0.1, 0.15) is 5.69 Å². The molecular formula is C37H29N3O2. The number of aromatic nitrogens is 3. The second-order valence-corrected chi connectivity index (χ2v) is 11.1. The minimum Gasteiger partial charge on any atom is -0.437 e. The lowest BCUT2D eigenvalue weighted by Gasteiger charge is -2.29. The second kappa shape index (κ2) is 8.92. The van der Waals surface area contributed by atoms with Crippen molar-refractivity contribution in [2.45, 2.75) is 32.9 Å². The van der Waals surface area contributed by atoms with E-state index in [0.29, 0.717) is 11.3 Å². The predicted octanol–water partition coefficient (Wildman–Crippen LogP) is 8.21. The molecule has 42 heavy (non-hydrogen) atoms. The standard InChI is InChI=1S/C37H29N3O2/c1-4-39-24(3)34(28-14-7-8-16-31(28)39)37(35-29(36(41)42-37)15-11-20-38-35)33-22-30(32-17-9-10-21-40(32)33)27-19-18-25-12-5-6-13-26(25)23(27)2/h5-22H,4H2,1-3H3. The van der Waals surface area contributed by atoms with Crippen LogP contribution in [-0.2, 0) is 16.9 Å². The van der Waals surface area contributed by atoms with Gasteiger partial charge in [-0.3, -0.25) is 4.98 Å². The molecule has 1 unspecified atom stereocenters. The van der Waals surface area contributed by atoms with E-state index in [4.69, 9.17) is 9.72 Å². The van der Waals surface area contributed by atoms with Crippen LogP contribution in [0.1, 0.15) is 45.5 Å². The van der Waals surface area contributed by atoms with Crippen LogP contribution in [0.15, 0.2) is 109 Å². The molecule has 0 saturated heterocycles. The van der Waals surface area contributed by atoms with Crippen LogP contribution < -0.4 is 0 Å². The highest BCUT2D eigenvalue weighted by molar-refractivity contribution is 5.99. The monoisotopic (exact) mass is 547 g/mol. The first-order valence-corrected chi connectivity index (χ1v) is 14.4. The number of ether oxygens (including phenoxy) is 1. The van der Waals surface area contributed by atoms with Crippen LogP contribution in [0.5, 0.6) is 0 Å². The number of para-hydroxylation sites is 1. The number of hydrogen-bond donors (Lipinski definition) is 0. The molecule has 4 aromatic heterocycles. The summed E-state index contributed by atoms with van der Waals surface area (Å²) in [6.07, 6.45) is 3.82. The Bertz CT molecular complexity index is 2220. The molecule has 1 atom stereocenters. The van der Waals surface area contributed by atoms with Crippen LogP contribution in [0, 0.1) is 13.8 Å². The smallest absolute Gasteiger partial charge is 0.341 e. The molecular weight excluding hydrogens is 518 g/mol. The summed E-state index contributed by atoms with van der Waals surface area (Å²) < 4.78 is 11.1. The van der Waals surface area contributed by atoms with E-state index >= 15 is 0 Å². The molecule has 5 nitrogen and oxygen atoms in total. The van der Waals surface area contributed by atoms with Crippen molar-refractivity contribution in [3.63, 3.8) is 0 Å². The molecule has 204 valence electrons. The highest BCUT2D eigenvalue weighted by Gasteiger charge is 2.54. The van der Waals surface area contributed by atoms with Gasteiger partial charge in [-0.15, -0.1) is 0 Å². The predicted molar refractivity (Wildman–Crippen MR) is 167 cm³/mol. The summed E-state index contributed by atoms with van der Waals surface area (Å²) in [5.74, 6) is -0.361. The quantitative estimate of drug-likeness (QED) is 0.209. The lowest BCUT2D eigenvalue weighted by atomic mass is 9.83. The molecule has 0 amide bonds. The van der Waals surface area contributed by atoms with Gasteiger partial charge in [-0.2, -0.15) is 0 Å². The Morgan fingerprint density at radius 3 is 2.40 bits per heavy atom. The SMILES string of the molecule is CCn1c(C)c(C2(c3cc(-c4ccc5ccccc5c4C)c4ccccn34)OC(=O)c3cccnc32)c2ccccc21. The van der Waals surface area contributed by atoms with E-state index < -0.39 is 5.60 Å². The Morgan fingerprint density at radius 1 is 0.786 bits per heavy atom. The van der Waals surface area contributed by atoms with Crippen molar-refractivity contribution in [3.05, 3.63) is 143 Å². The molecule has 0 radical (unpaired) electrons. The van der Waals surface area contributed by atoms with Gasteiger partial charge in [0.15, 0.2) is 0 Å². The van der Waals surface area contributed by atoms with Crippen LogP contribution in [-0.4, -0.2) is 19.9 Å². The van der Waals surface area contributed by atoms with Crippen LogP contribution >= 0.6 is 0 Å². The normalized spacial score (nSPS) is 16.4. The van der Waals surface area contributed by atoms with E-state index in [9.17, 15) is 4.79 Å². The van der Waals surface area contributed by atoms with E-state index in [1.54, 1.807) is 12.3 Å². The number of esters is 1. The maximum Gasteiger partial charge on any atom is 0.341 e. The summed E-state index contributed by atoms with van der Waals surface area (Å²) >= 11 is 0. The van der Waals surface area contributed by atoms with Gasteiger partial charge < -0.3 is 13.7 Å². The molecule has 5 heterocycles. The number of rotatable bonds is 4. The number of aryl methyl sites for hydroxylation is 2. The molecule has 1 aliphatic heterocycles. The minimum absolute atomic E-state index is 0.361. The molecule has 5 heteroatoms.